The van der Waals surface area contributed by atoms with Crippen LogP contribution in [0.2, 0.25) is 0 Å². The van der Waals surface area contributed by atoms with Crippen molar-refractivity contribution in [1.82, 2.24) is 9.55 Å². The second-order valence-corrected chi connectivity index (χ2v) is 5.04. The molecule has 3 rings (SSSR count). The van der Waals surface area contributed by atoms with Gasteiger partial charge >= 0.3 is 0 Å². The van der Waals surface area contributed by atoms with Crippen LogP contribution in [0.5, 0.6) is 0 Å². The normalized spacial score (nSPS) is 10.7. The molecule has 0 radical (unpaired) electrons. The van der Waals surface area contributed by atoms with Crippen molar-refractivity contribution in [3.63, 3.8) is 0 Å². The molecule has 0 amide bonds. The molecule has 2 aromatic carbocycles. The van der Waals surface area contributed by atoms with Crippen LogP contribution in [0, 0.1) is 17.5 Å². The van der Waals surface area contributed by atoms with Crippen molar-refractivity contribution in [3.05, 3.63) is 70.9 Å². The predicted octanol–water partition coefficient (Wildman–Crippen LogP) is 4.65. The first-order valence-corrected chi connectivity index (χ1v) is 6.69. The molecule has 0 aliphatic heterocycles. The molecule has 0 saturated carbocycles. The summed E-state index contributed by atoms with van der Waals surface area (Å²) in [6.07, 6.45) is 1.87. The molecule has 0 spiro atoms. The maximum absolute atomic E-state index is 13.1. The van der Waals surface area contributed by atoms with Crippen molar-refractivity contribution < 1.29 is 4.39 Å². The minimum Gasteiger partial charge on any atom is -0.336 e. The summed E-state index contributed by atoms with van der Waals surface area (Å²) >= 11 is 5.33. The van der Waals surface area contributed by atoms with Crippen molar-refractivity contribution in [2.45, 2.75) is 6.92 Å². The van der Waals surface area contributed by atoms with Crippen LogP contribution in [0.1, 0.15) is 5.56 Å². The van der Waals surface area contributed by atoms with Crippen LogP contribution in [0.15, 0.2) is 54.7 Å². The summed E-state index contributed by atoms with van der Waals surface area (Å²) in [5.74, 6) is -0.257. The van der Waals surface area contributed by atoms with Gasteiger partial charge in [0.25, 0.3) is 0 Å². The highest BCUT2D eigenvalue weighted by atomic mass is 32.1. The fourth-order valence-corrected chi connectivity index (χ4v) is 2.41. The quantitative estimate of drug-likeness (QED) is 0.679. The Balaban J connectivity index is 2.17. The molecule has 0 saturated heterocycles. The van der Waals surface area contributed by atoms with E-state index in [-0.39, 0.29) is 5.82 Å². The lowest BCUT2D eigenvalue weighted by atomic mass is 10.1. The molecule has 0 unspecified atom stereocenters. The van der Waals surface area contributed by atoms with Gasteiger partial charge in [0.2, 0.25) is 0 Å². The van der Waals surface area contributed by atoms with Crippen LogP contribution in [0.3, 0.4) is 0 Å². The Kier molecular flexibility index (Phi) is 3.24. The van der Waals surface area contributed by atoms with Gasteiger partial charge in [0.15, 0.2) is 4.77 Å². The molecule has 0 aliphatic rings. The molecular formula is C16H13FN2S. The van der Waals surface area contributed by atoms with E-state index in [9.17, 15) is 4.39 Å². The van der Waals surface area contributed by atoms with E-state index in [2.05, 4.69) is 17.1 Å². The first-order valence-electron chi connectivity index (χ1n) is 6.28. The zero-order chi connectivity index (χ0) is 14.1. The number of aromatic nitrogens is 2. The third-order valence-electron chi connectivity index (χ3n) is 3.21. The molecule has 1 aromatic heterocycles. The number of nitrogens with one attached hydrogen (secondary N) is 1. The number of H-pyrrole nitrogens is 1. The Morgan fingerprint density at radius 1 is 1.00 bits per heavy atom. The molecule has 4 heteroatoms. The summed E-state index contributed by atoms with van der Waals surface area (Å²) in [6.45, 7) is 2.05. The molecule has 0 aliphatic carbocycles. The maximum Gasteiger partial charge on any atom is 0.182 e. The van der Waals surface area contributed by atoms with E-state index in [1.54, 1.807) is 12.1 Å². The Bertz CT molecular complexity index is 783. The smallest absolute Gasteiger partial charge is 0.182 e. The number of aromatic amines is 1. The van der Waals surface area contributed by atoms with Gasteiger partial charge in [-0.3, -0.25) is 4.57 Å². The number of imidazole rings is 1. The van der Waals surface area contributed by atoms with Gasteiger partial charge in [-0.25, -0.2) is 4.39 Å². The van der Waals surface area contributed by atoms with E-state index < -0.39 is 0 Å². The number of hydrogen-bond donors (Lipinski definition) is 1. The molecule has 100 valence electrons. The van der Waals surface area contributed by atoms with E-state index in [4.69, 9.17) is 12.2 Å². The molecule has 0 bridgehead atoms. The van der Waals surface area contributed by atoms with E-state index in [1.807, 2.05) is 29.8 Å². The van der Waals surface area contributed by atoms with Gasteiger partial charge < -0.3 is 4.98 Å². The molecule has 0 fully saturated rings. The SMILES string of the molecule is Cc1ccc(-c2c[nH]c(=S)n2-c2ccc(F)cc2)cc1. The molecule has 2 nitrogen and oxygen atoms in total. The van der Waals surface area contributed by atoms with Crippen molar-refractivity contribution >= 4 is 12.2 Å². The van der Waals surface area contributed by atoms with Gasteiger partial charge in [0.05, 0.1) is 5.69 Å². The topological polar surface area (TPSA) is 20.7 Å². The molecule has 3 aromatic rings. The Labute approximate surface area is 121 Å². The average Bonchev–Trinajstić information content (AvgIpc) is 2.83. The Morgan fingerprint density at radius 2 is 1.65 bits per heavy atom. The number of halogens is 1. The monoisotopic (exact) mass is 284 g/mol. The standard InChI is InChI=1S/C16H13FN2S/c1-11-2-4-12(5-3-11)15-10-18-16(20)19(15)14-8-6-13(17)7-9-14/h2-10H,1H3,(H,18,20). The summed E-state index contributed by atoms with van der Waals surface area (Å²) in [4.78, 5) is 3.05. The number of benzene rings is 2. The van der Waals surface area contributed by atoms with Crippen LogP contribution in [-0.2, 0) is 0 Å². The molecule has 1 N–H and O–H groups in total. The van der Waals surface area contributed by atoms with Gasteiger partial charge in [-0.15, -0.1) is 0 Å². The molecular weight excluding hydrogens is 271 g/mol. The minimum atomic E-state index is -0.257. The van der Waals surface area contributed by atoms with Crippen molar-refractivity contribution in [3.8, 4) is 16.9 Å². The van der Waals surface area contributed by atoms with Crippen LogP contribution >= 0.6 is 12.2 Å². The second kappa shape index (κ2) is 5.06. The predicted molar refractivity (Wildman–Crippen MR) is 81.1 cm³/mol. The van der Waals surface area contributed by atoms with Crippen molar-refractivity contribution in [1.29, 1.82) is 0 Å². The Hall–Kier alpha value is -2.20. The fourth-order valence-electron chi connectivity index (χ4n) is 2.15. The summed E-state index contributed by atoms with van der Waals surface area (Å²) in [6, 6.07) is 14.5. The summed E-state index contributed by atoms with van der Waals surface area (Å²) in [7, 11) is 0. The highest BCUT2D eigenvalue weighted by Crippen LogP contribution is 2.24. The van der Waals surface area contributed by atoms with Crippen molar-refractivity contribution in [2.75, 3.05) is 0 Å². The minimum absolute atomic E-state index is 0.257. The van der Waals surface area contributed by atoms with Gasteiger partial charge in [0, 0.05) is 17.4 Å². The summed E-state index contributed by atoms with van der Waals surface area (Å²) in [5, 5.41) is 0. The van der Waals surface area contributed by atoms with E-state index >= 15 is 0 Å². The third kappa shape index (κ3) is 2.30. The lowest BCUT2D eigenvalue weighted by Gasteiger charge is -2.08. The van der Waals surface area contributed by atoms with Gasteiger partial charge in [-0.05, 0) is 43.4 Å². The average molecular weight is 284 g/mol. The summed E-state index contributed by atoms with van der Waals surface area (Å²) < 4.78 is 15.5. The van der Waals surface area contributed by atoms with E-state index in [0.29, 0.717) is 4.77 Å². The zero-order valence-corrected chi connectivity index (χ0v) is 11.7. The lowest BCUT2D eigenvalue weighted by molar-refractivity contribution is 0.627. The largest absolute Gasteiger partial charge is 0.336 e. The second-order valence-electron chi connectivity index (χ2n) is 4.66. The first kappa shape index (κ1) is 12.8. The Morgan fingerprint density at radius 3 is 2.30 bits per heavy atom. The van der Waals surface area contributed by atoms with Crippen LogP contribution < -0.4 is 0 Å². The number of nitrogens with zero attached hydrogens (tertiary/aromatic N) is 1. The highest BCUT2D eigenvalue weighted by Gasteiger charge is 2.08. The maximum atomic E-state index is 13.1. The van der Waals surface area contributed by atoms with Crippen LogP contribution in [0.4, 0.5) is 4.39 Å². The third-order valence-corrected chi connectivity index (χ3v) is 3.51. The molecule has 0 atom stereocenters. The number of hydrogen-bond acceptors (Lipinski definition) is 1. The first-order chi connectivity index (χ1) is 9.65. The molecule has 20 heavy (non-hydrogen) atoms. The fraction of sp³-hybridized carbons (Fsp3) is 0.0625. The van der Waals surface area contributed by atoms with Crippen molar-refractivity contribution in [2.24, 2.45) is 0 Å². The van der Waals surface area contributed by atoms with Gasteiger partial charge in [-0.1, -0.05) is 29.8 Å². The van der Waals surface area contributed by atoms with E-state index in [1.165, 1.54) is 17.7 Å². The van der Waals surface area contributed by atoms with Gasteiger partial charge in [-0.2, -0.15) is 0 Å². The highest BCUT2D eigenvalue weighted by molar-refractivity contribution is 7.71. The van der Waals surface area contributed by atoms with Gasteiger partial charge in [0.1, 0.15) is 5.82 Å². The number of aryl methyl sites for hydroxylation is 1. The van der Waals surface area contributed by atoms with Crippen LogP contribution in [0.25, 0.3) is 16.9 Å². The lowest BCUT2D eigenvalue weighted by Crippen LogP contribution is -1.97. The number of rotatable bonds is 2. The summed E-state index contributed by atoms with van der Waals surface area (Å²) in [5.41, 5.74) is 4.07. The zero-order valence-electron chi connectivity index (χ0n) is 10.9. The van der Waals surface area contributed by atoms with Crippen LogP contribution in [-0.4, -0.2) is 9.55 Å². The molecule has 1 heterocycles. The van der Waals surface area contributed by atoms with E-state index in [0.717, 1.165) is 16.9 Å².